The number of methoxy groups -OCH3 is 1. The minimum absolute atomic E-state index is 0.238. The van der Waals surface area contributed by atoms with Gasteiger partial charge in [0.25, 0.3) is 0 Å². The quantitative estimate of drug-likeness (QED) is 0.731. The van der Waals surface area contributed by atoms with Gasteiger partial charge < -0.3 is 10.1 Å². The van der Waals surface area contributed by atoms with E-state index in [9.17, 15) is 0 Å². The number of hydrogen-bond acceptors (Lipinski definition) is 3. The van der Waals surface area contributed by atoms with E-state index in [-0.39, 0.29) is 6.04 Å². The Morgan fingerprint density at radius 1 is 1.69 bits per heavy atom. The van der Waals surface area contributed by atoms with Gasteiger partial charge >= 0.3 is 0 Å². The molecule has 1 rings (SSSR count). The minimum atomic E-state index is 0.238. The van der Waals surface area contributed by atoms with Gasteiger partial charge in [0.05, 0.1) is 18.3 Å². The summed E-state index contributed by atoms with van der Waals surface area (Å²) >= 11 is 0. The Hall–Kier alpha value is -0.870. The number of likely N-dealkylation sites (N-methyl/N-ethyl adjacent to an activating group) is 1. The van der Waals surface area contributed by atoms with Crippen molar-refractivity contribution >= 4 is 0 Å². The maximum absolute atomic E-state index is 5.13. The summed E-state index contributed by atoms with van der Waals surface area (Å²) in [6.45, 7) is 3.69. The van der Waals surface area contributed by atoms with Crippen molar-refractivity contribution in [2.24, 2.45) is 7.05 Å². The van der Waals surface area contributed by atoms with Gasteiger partial charge in [-0.2, -0.15) is 5.10 Å². The maximum atomic E-state index is 5.13. The largest absolute Gasteiger partial charge is 0.383 e. The van der Waals surface area contributed by atoms with Crippen LogP contribution in [0.2, 0.25) is 0 Å². The highest BCUT2D eigenvalue weighted by Crippen LogP contribution is 2.10. The van der Waals surface area contributed by atoms with Crippen LogP contribution in [-0.4, -0.2) is 30.0 Å². The molecule has 0 aliphatic heterocycles. The van der Waals surface area contributed by atoms with Crippen LogP contribution in [-0.2, 0) is 11.8 Å². The van der Waals surface area contributed by atoms with Crippen molar-refractivity contribution in [1.82, 2.24) is 15.1 Å². The lowest BCUT2D eigenvalue weighted by atomic mass is 10.2. The molecule has 1 N–H and O–H groups in total. The van der Waals surface area contributed by atoms with E-state index >= 15 is 0 Å². The first-order chi connectivity index (χ1) is 6.29. The molecule has 0 bridgehead atoms. The fourth-order valence-electron chi connectivity index (χ4n) is 1.39. The van der Waals surface area contributed by atoms with E-state index in [2.05, 4.69) is 17.3 Å². The predicted molar refractivity (Wildman–Crippen MR) is 51.5 cm³/mol. The van der Waals surface area contributed by atoms with Gasteiger partial charge in [0, 0.05) is 20.4 Å². The van der Waals surface area contributed by atoms with Gasteiger partial charge in [-0.15, -0.1) is 0 Å². The maximum Gasteiger partial charge on any atom is 0.0729 e. The van der Waals surface area contributed by atoms with Crippen molar-refractivity contribution in [1.29, 1.82) is 0 Å². The smallest absolute Gasteiger partial charge is 0.0729 e. The average molecular weight is 183 g/mol. The van der Waals surface area contributed by atoms with Crippen LogP contribution in [0.15, 0.2) is 12.3 Å². The van der Waals surface area contributed by atoms with Crippen molar-refractivity contribution in [3.8, 4) is 0 Å². The van der Waals surface area contributed by atoms with E-state index in [1.165, 1.54) is 0 Å². The summed E-state index contributed by atoms with van der Waals surface area (Å²) < 4.78 is 7.00. The first kappa shape index (κ1) is 10.2. The summed E-state index contributed by atoms with van der Waals surface area (Å²) in [6.07, 6.45) is 1.80. The highest BCUT2D eigenvalue weighted by atomic mass is 16.5. The van der Waals surface area contributed by atoms with Gasteiger partial charge in [0.1, 0.15) is 0 Å². The van der Waals surface area contributed by atoms with E-state index in [0.29, 0.717) is 6.61 Å². The zero-order valence-corrected chi connectivity index (χ0v) is 8.45. The number of hydrogen-bond donors (Lipinski definition) is 1. The molecule has 1 heterocycles. The van der Waals surface area contributed by atoms with Gasteiger partial charge in [-0.25, -0.2) is 0 Å². The van der Waals surface area contributed by atoms with Crippen LogP contribution in [0.4, 0.5) is 0 Å². The number of aromatic nitrogens is 2. The third-order valence-corrected chi connectivity index (χ3v) is 2.00. The molecule has 0 amide bonds. The topological polar surface area (TPSA) is 39.1 Å². The van der Waals surface area contributed by atoms with E-state index in [1.54, 1.807) is 13.3 Å². The first-order valence-corrected chi connectivity index (χ1v) is 4.49. The van der Waals surface area contributed by atoms with Gasteiger partial charge in [-0.1, -0.05) is 6.92 Å². The van der Waals surface area contributed by atoms with Crippen LogP contribution in [0.5, 0.6) is 0 Å². The second-order valence-corrected chi connectivity index (χ2v) is 2.95. The standard InChI is InChI=1S/C9H17N3O/c1-4-10-8(7-13-3)9-5-6-11-12(9)2/h5-6,8,10H,4,7H2,1-3H3. The summed E-state index contributed by atoms with van der Waals surface area (Å²) in [5.41, 5.74) is 1.16. The Morgan fingerprint density at radius 2 is 2.46 bits per heavy atom. The molecule has 0 aliphatic rings. The van der Waals surface area contributed by atoms with Gasteiger partial charge in [-0.05, 0) is 12.6 Å². The summed E-state index contributed by atoms with van der Waals surface area (Å²) in [7, 11) is 3.65. The molecule has 4 nitrogen and oxygen atoms in total. The molecule has 1 aromatic rings. The lowest BCUT2D eigenvalue weighted by Crippen LogP contribution is -2.26. The number of rotatable bonds is 5. The zero-order valence-electron chi connectivity index (χ0n) is 8.45. The number of nitrogens with one attached hydrogen (secondary N) is 1. The third-order valence-electron chi connectivity index (χ3n) is 2.00. The molecule has 0 saturated carbocycles. The molecule has 0 saturated heterocycles. The fourth-order valence-corrected chi connectivity index (χ4v) is 1.39. The first-order valence-electron chi connectivity index (χ1n) is 4.49. The van der Waals surface area contributed by atoms with Crippen molar-refractivity contribution in [3.05, 3.63) is 18.0 Å². The van der Waals surface area contributed by atoms with Crippen LogP contribution in [0.3, 0.4) is 0 Å². The Bertz CT molecular complexity index is 241. The summed E-state index contributed by atoms with van der Waals surface area (Å²) in [5.74, 6) is 0. The number of aryl methyl sites for hydroxylation is 1. The van der Waals surface area contributed by atoms with E-state index < -0.39 is 0 Å². The van der Waals surface area contributed by atoms with Crippen molar-refractivity contribution in [2.75, 3.05) is 20.3 Å². The molecule has 4 heteroatoms. The van der Waals surface area contributed by atoms with Gasteiger partial charge in [-0.3, -0.25) is 4.68 Å². The zero-order chi connectivity index (χ0) is 9.68. The molecule has 0 fully saturated rings. The Morgan fingerprint density at radius 3 is 2.92 bits per heavy atom. The monoisotopic (exact) mass is 183 g/mol. The van der Waals surface area contributed by atoms with Crippen LogP contribution in [0, 0.1) is 0 Å². The van der Waals surface area contributed by atoms with Gasteiger partial charge in [0.2, 0.25) is 0 Å². The molecule has 74 valence electrons. The second-order valence-electron chi connectivity index (χ2n) is 2.95. The van der Waals surface area contributed by atoms with Crippen molar-refractivity contribution in [2.45, 2.75) is 13.0 Å². The molecule has 0 aliphatic carbocycles. The second kappa shape index (κ2) is 4.99. The molecule has 1 atom stereocenters. The third kappa shape index (κ3) is 2.54. The Balaban J connectivity index is 2.69. The Kier molecular flexibility index (Phi) is 3.92. The van der Waals surface area contributed by atoms with E-state index in [1.807, 2.05) is 17.8 Å². The summed E-state index contributed by atoms with van der Waals surface area (Å²) in [5, 5.41) is 7.46. The van der Waals surface area contributed by atoms with Crippen LogP contribution < -0.4 is 5.32 Å². The number of nitrogens with zero attached hydrogens (tertiary/aromatic N) is 2. The van der Waals surface area contributed by atoms with Crippen LogP contribution in [0.1, 0.15) is 18.7 Å². The molecule has 1 aromatic heterocycles. The number of ether oxygens (including phenoxy) is 1. The van der Waals surface area contributed by atoms with E-state index in [4.69, 9.17) is 4.74 Å². The lowest BCUT2D eigenvalue weighted by molar-refractivity contribution is 0.164. The fraction of sp³-hybridized carbons (Fsp3) is 0.667. The highest BCUT2D eigenvalue weighted by molar-refractivity contribution is 5.06. The van der Waals surface area contributed by atoms with E-state index in [0.717, 1.165) is 12.2 Å². The molecule has 0 spiro atoms. The highest BCUT2D eigenvalue weighted by Gasteiger charge is 2.12. The molecular formula is C9H17N3O. The van der Waals surface area contributed by atoms with Crippen LogP contribution in [0.25, 0.3) is 0 Å². The molecule has 0 aromatic carbocycles. The van der Waals surface area contributed by atoms with Crippen LogP contribution >= 0.6 is 0 Å². The predicted octanol–water partition coefficient (Wildman–Crippen LogP) is 0.717. The molecule has 13 heavy (non-hydrogen) atoms. The van der Waals surface area contributed by atoms with Gasteiger partial charge in [0.15, 0.2) is 0 Å². The summed E-state index contributed by atoms with van der Waals surface area (Å²) in [6, 6.07) is 2.24. The van der Waals surface area contributed by atoms with Crippen molar-refractivity contribution in [3.63, 3.8) is 0 Å². The normalized spacial score (nSPS) is 13.2. The summed E-state index contributed by atoms with van der Waals surface area (Å²) in [4.78, 5) is 0. The minimum Gasteiger partial charge on any atom is -0.383 e. The average Bonchev–Trinajstić information content (AvgIpc) is 2.51. The molecule has 1 unspecified atom stereocenters. The Labute approximate surface area is 78.9 Å². The lowest BCUT2D eigenvalue weighted by Gasteiger charge is -2.16. The van der Waals surface area contributed by atoms with Crippen molar-refractivity contribution < 1.29 is 4.74 Å². The SMILES string of the molecule is CCNC(COC)c1ccnn1C. The molecular weight excluding hydrogens is 166 g/mol. The molecule has 0 radical (unpaired) electrons.